The van der Waals surface area contributed by atoms with Gasteiger partial charge in [-0.15, -0.1) is 0 Å². The maximum Gasteiger partial charge on any atom is 0.471 e. The molecule has 0 aromatic heterocycles. The average Bonchev–Trinajstić information content (AvgIpc) is 2.60. The fourth-order valence-corrected chi connectivity index (χ4v) is 2.89. The first kappa shape index (κ1) is 18.1. The number of carbonyl (C=O) groups is 1. The van der Waals surface area contributed by atoms with Crippen LogP contribution in [0.25, 0.3) is 0 Å². The first-order chi connectivity index (χ1) is 12.3. The Morgan fingerprint density at radius 2 is 2.15 bits per heavy atom. The normalized spacial score (nSPS) is 23.7. The fourth-order valence-electron chi connectivity index (χ4n) is 2.23. The van der Waals surface area contributed by atoms with Crippen LogP contribution in [0.5, 0.6) is 11.5 Å². The van der Waals surface area contributed by atoms with Gasteiger partial charge < -0.3 is 14.8 Å². The molecule has 140 valence electrons. The molecule has 1 aromatic rings. The molecule has 0 spiro atoms. The second-order valence-electron chi connectivity index (χ2n) is 5.34. The van der Waals surface area contributed by atoms with Crippen molar-refractivity contribution in [2.45, 2.75) is 19.1 Å². The van der Waals surface area contributed by atoms with Crippen LogP contribution in [0.1, 0.15) is 18.9 Å². The van der Waals surface area contributed by atoms with Gasteiger partial charge in [0.1, 0.15) is 17.3 Å². The van der Waals surface area contributed by atoms with Crippen molar-refractivity contribution in [1.82, 2.24) is 5.32 Å². The molecule has 1 atom stereocenters. The number of hydrogen-bond donors (Lipinski definition) is 2. The number of amides is 1. The minimum Gasteiger partial charge on any atom is -0.497 e. The number of ether oxygens (including phenoxy) is 2. The summed E-state index contributed by atoms with van der Waals surface area (Å²) in [6.45, 7) is 2.38. The van der Waals surface area contributed by atoms with Gasteiger partial charge in [0, 0.05) is 0 Å². The molecule has 3 N–H and O–H groups in total. The van der Waals surface area contributed by atoms with E-state index in [2.05, 4.69) is 23.9 Å². The number of nitrogens with one attached hydrogen (secondary N) is 1. The van der Waals surface area contributed by atoms with E-state index in [1.54, 1.807) is 18.2 Å². The largest absolute Gasteiger partial charge is 0.497 e. The number of fused-ring (bicyclic) bond motifs is 1. The highest BCUT2D eigenvalue weighted by atomic mass is 32.3. The molecule has 2 aliphatic rings. The van der Waals surface area contributed by atoms with Gasteiger partial charge in [0.05, 0.1) is 19.3 Å². The van der Waals surface area contributed by atoms with Crippen molar-refractivity contribution >= 4 is 28.0 Å². The van der Waals surface area contributed by atoms with Crippen LogP contribution < -0.4 is 20.5 Å². The summed E-state index contributed by atoms with van der Waals surface area (Å²) < 4.78 is 42.3. The standard InChI is InChI=1S/C14H16N4O7S/c1-3-6-23-10-5-4-8(22-2)7-9(10)11-16-12-14(15,13(19)17-11)24-26(20,21)25-18-12/h4-5,7H,3,6,15H2,1-2H3,(H,16,17,18,19). The molecule has 1 unspecified atom stereocenters. The SMILES string of the molecule is CCCOc1ccc(OC)cc1C1=NC2=NOS(=O)(=O)OC2(N)C(=O)N1. The molecule has 1 amide bonds. The number of nitrogens with zero attached hydrogens (tertiary/aromatic N) is 2. The second kappa shape index (κ2) is 6.55. The number of aliphatic imine (C=N–C) groups is 1. The van der Waals surface area contributed by atoms with Gasteiger partial charge >= 0.3 is 10.4 Å². The van der Waals surface area contributed by atoms with E-state index in [4.69, 9.17) is 15.2 Å². The molecule has 2 aliphatic heterocycles. The van der Waals surface area contributed by atoms with Crippen molar-refractivity contribution in [2.24, 2.45) is 15.9 Å². The molecule has 1 aromatic carbocycles. The van der Waals surface area contributed by atoms with E-state index in [-0.39, 0.29) is 5.84 Å². The smallest absolute Gasteiger partial charge is 0.471 e. The van der Waals surface area contributed by atoms with Crippen molar-refractivity contribution in [3.8, 4) is 11.5 Å². The number of methoxy groups -OCH3 is 1. The van der Waals surface area contributed by atoms with Gasteiger partial charge in [0.2, 0.25) is 5.84 Å². The first-order valence-electron chi connectivity index (χ1n) is 7.52. The van der Waals surface area contributed by atoms with Crippen LogP contribution in [0.4, 0.5) is 0 Å². The molecular weight excluding hydrogens is 368 g/mol. The molecule has 0 fully saturated rings. The minimum absolute atomic E-state index is 0.0336. The zero-order valence-corrected chi connectivity index (χ0v) is 14.7. The summed E-state index contributed by atoms with van der Waals surface area (Å²) in [7, 11) is -3.06. The third-order valence-corrected chi connectivity index (χ3v) is 4.20. The summed E-state index contributed by atoms with van der Waals surface area (Å²) in [5.41, 5.74) is 3.69. The molecule has 0 saturated heterocycles. The van der Waals surface area contributed by atoms with Crippen LogP contribution in [-0.2, 0) is 23.7 Å². The molecular formula is C14H16N4O7S. The van der Waals surface area contributed by atoms with Crippen molar-refractivity contribution in [3.63, 3.8) is 0 Å². The lowest BCUT2D eigenvalue weighted by atomic mass is 10.1. The molecule has 11 nitrogen and oxygen atoms in total. The number of oxime groups is 1. The van der Waals surface area contributed by atoms with Gasteiger partial charge in [-0.05, 0) is 29.8 Å². The van der Waals surface area contributed by atoms with Crippen molar-refractivity contribution < 1.29 is 31.2 Å². The lowest BCUT2D eigenvalue weighted by molar-refractivity contribution is -0.131. The van der Waals surface area contributed by atoms with Gasteiger partial charge in [-0.2, -0.15) is 12.6 Å². The number of carbonyl (C=O) groups excluding carboxylic acids is 1. The number of benzene rings is 1. The molecule has 0 bridgehead atoms. The van der Waals surface area contributed by atoms with Crippen LogP contribution in [0.2, 0.25) is 0 Å². The lowest BCUT2D eigenvalue weighted by Gasteiger charge is -2.31. The van der Waals surface area contributed by atoms with Gasteiger partial charge in [0.25, 0.3) is 11.6 Å². The van der Waals surface area contributed by atoms with Crippen molar-refractivity contribution in [1.29, 1.82) is 0 Å². The zero-order chi connectivity index (χ0) is 18.9. The Kier molecular flexibility index (Phi) is 4.56. The van der Waals surface area contributed by atoms with Crippen LogP contribution in [-0.4, -0.2) is 45.4 Å². The van der Waals surface area contributed by atoms with Crippen molar-refractivity contribution in [3.05, 3.63) is 23.8 Å². The van der Waals surface area contributed by atoms with Gasteiger partial charge in [-0.3, -0.25) is 10.5 Å². The molecule has 2 heterocycles. The maximum absolute atomic E-state index is 12.4. The van der Waals surface area contributed by atoms with Crippen LogP contribution in [0, 0.1) is 0 Å². The third-order valence-electron chi connectivity index (χ3n) is 3.47. The third kappa shape index (κ3) is 3.21. The van der Waals surface area contributed by atoms with Crippen molar-refractivity contribution in [2.75, 3.05) is 13.7 Å². The summed E-state index contributed by atoms with van der Waals surface area (Å²) in [5, 5.41) is 5.70. The predicted molar refractivity (Wildman–Crippen MR) is 88.9 cm³/mol. The van der Waals surface area contributed by atoms with Crippen LogP contribution in [0.3, 0.4) is 0 Å². The highest BCUT2D eigenvalue weighted by molar-refractivity contribution is 7.82. The summed E-state index contributed by atoms with van der Waals surface area (Å²) in [6, 6.07) is 4.93. The summed E-state index contributed by atoms with van der Waals surface area (Å²) in [5.74, 6) is -0.466. The van der Waals surface area contributed by atoms with E-state index in [0.717, 1.165) is 6.42 Å². The monoisotopic (exact) mass is 384 g/mol. The van der Waals surface area contributed by atoms with E-state index in [0.29, 0.717) is 23.7 Å². The van der Waals surface area contributed by atoms with Gasteiger partial charge in [-0.25, -0.2) is 9.28 Å². The van der Waals surface area contributed by atoms with Gasteiger partial charge in [-0.1, -0.05) is 6.92 Å². The van der Waals surface area contributed by atoms with Crippen LogP contribution in [0.15, 0.2) is 28.3 Å². The second-order valence-corrected chi connectivity index (χ2v) is 6.47. The topological polar surface area (TPSA) is 151 Å². The minimum atomic E-state index is -4.54. The Morgan fingerprint density at radius 1 is 1.38 bits per heavy atom. The average molecular weight is 384 g/mol. The van der Waals surface area contributed by atoms with E-state index < -0.39 is 27.9 Å². The lowest BCUT2D eigenvalue weighted by Crippen LogP contribution is -2.66. The fraction of sp³-hybridized carbons (Fsp3) is 0.357. The Labute approximate surface area is 149 Å². The van der Waals surface area contributed by atoms with Crippen LogP contribution >= 0.6 is 0 Å². The van der Waals surface area contributed by atoms with E-state index >= 15 is 0 Å². The Morgan fingerprint density at radius 3 is 2.85 bits per heavy atom. The highest BCUT2D eigenvalue weighted by Crippen LogP contribution is 2.28. The first-order valence-corrected chi connectivity index (χ1v) is 8.85. The highest BCUT2D eigenvalue weighted by Gasteiger charge is 2.53. The molecule has 3 rings (SSSR count). The summed E-state index contributed by atoms with van der Waals surface area (Å²) in [4.78, 5) is 16.5. The number of amidine groups is 2. The molecule has 26 heavy (non-hydrogen) atoms. The van der Waals surface area contributed by atoms with E-state index in [1.165, 1.54) is 7.11 Å². The summed E-state index contributed by atoms with van der Waals surface area (Å²) in [6.07, 6.45) is 0.766. The maximum atomic E-state index is 12.4. The summed E-state index contributed by atoms with van der Waals surface area (Å²) >= 11 is 0. The predicted octanol–water partition coefficient (Wildman–Crippen LogP) is -0.379. The molecule has 0 saturated carbocycles. The molecule has 12 heteroatoms. The quantitative estimate of drug-likeness (QED) is 0.697. The zero-order valence-electron chi connectivity index (χ0n) is 13.9. The molecule has 0 radical (unpaired) electrons. The number of rotatable bonds is 5. The van der Waals surface area contributed by atoms with E-state index in [1.807, 2.05) is 6.92 Å². The van der Waals surface area contributed by atoms with Gasteiger partial charge in [0.15, 0.2) is 0 Å². The Balaban J connectivity index is 2.08. The Bertz CT molecular complexity index is 912. The molecule has 0 aliphatic carbocycles. The Hall–Kier alpha value is -2.70. The number of hydrogen-bond acceptors (Lipinski definition) is 10. The number of nitrogens with two attached hydrogens (primary N) is 1. The van der Waals surface area contributed by atoms with E-state index in [9.17, 15) is 13.2 Å².